The van der Waals surface area contributed by atoms with E-state index in [9.17, 15) is 22.0 Å². The van der Waals surface area contributed by atoms with Gasteiger partial charge in [-0.1, -0.05) is 15.9 Å². The smallest absolute Gasteiger partial charge is 0.269 e. The third-order valence-electron chi connectivity index (χ3n) is 3.63. The fourth-order valence-corrected chi connectivity index (χ4v) is 4.13. The summed E-state index contributed by atoms with van der Waals surface area (Å²) < 4.78 is 55.4. The molecule has 1 aliphatic heterocycles. The first kappa shape index (κ1) is 17.0. The highest BCUT2D eigenvalue weighted by molar-refractivity contribution is 9.10. The molecule has 0 radical (unpaired) electrons. The third kappa shape index (κ3) is 3.05. The second-order valence-corrected chi connectivity index (χ2v) is 7.77. The van der Waals surface area contributed by atoms with Crippen molar-refractivity contribution in [3.63, 3.8) is 0 Å². The predicted molar refractivity (Wildman–Crippen MR) is 81.4 cm³/mol. The van der Waals surface area contributed by atoms with Crippen LogP contribution in [0, 0.1) is 11.6 Å². The van der Waals surface area contributed by atoms with Crippen molar-refractivity contribution in [2.24, 2.45) is 0 Å². The molecule has 0 aliphatic carbocycles. The van der Waals surface area contributed by atoms with Crippen LogP contribution in [-0.2, 0) is 21.2 Å². The summed E-state index contributed by atoms with van der Waals surface area (Å²) in [6, 6.07) is 0.765. The normalized spacial score (nSPS) is 17.4. The van der Waals surface area contributed by atoms with Gasteiger partial charge in [0, 0.05) is 10.9 Å². The number of aromatic nitrogens is 3. The third-order valence-corrected chi connectivity index (χ3v) is 5.49. The number of nitrogens with one attached hydrogen (secondary N) is 1. The zero-order chi connectivity index (χ0) is 17.5. The minimum absolute atomic E-state index is 0.0455. The highest BCUT2D eigenvalue weighted by Gasteiger charge is 2.32. The highest BCUT2D eigenvalue weighted by atomic mass is 79.9. The molecule has 2 aromatic rings. The Morgan fingerprint density at radius 2 is 2.00 bits per heavy atom. The van der Waals surface area contributed by atoms with Crippen molar-refractivity contribution >= 4 is 31.9 Å². The van der Waals surface area contributed by atoms with Crippen LogP contribution in [0.15, 0.2) is 27.8 Å². The average molecular weight is 421 g/mol. The molecule has 2 heterocycles. The number of nitrogens with zero attached hydrogens (tertiary/aromatic N) is 3. The molecule has 1 amide bonds. The molecule has 1 N–H and O–H groups in total. The minimum Gasteiger partial charge on any atom is -0.305 e. The van der Waals surface area contributed by atoms with Gasteiger partial charge in [0.05, 0.1) is 0 Å². The fourth-order valence-electron chi connectivity index (χ4n) is 2.59. The summed E-state index contributed by atoms with van der Waals surface area (Å²) in [6.45, 7) is 0. The van der Waals surface area contributed by atoms with Crippen molar-refractivity contribution in [3.05, 3.63) is 40.4 Å². The number of aryl methyl sites for hydroxylation is 1. The largest absolute Gasteiger partial charge is 0.305 e. The lowest BCUT2D eigenvalue weighted by molar-refractivity contribution is -0.123. The number of sulfonamides is 1. The van der Waals surface area contributed by atoms with Gasteiger partial charge in [-0.15, -0.1) is 10.2 Å². The summed E-state index contributed by atoms with van der Waals surface area (Å²) in [7, 11) is -4.70. The Hall–Kier alpha value is -1.88. The Kier molecular flexibility index (Phi) is 4.38. The second-order valence-electron chi connectivity index (χ2n) is 5.23. The van der Waals surface area contributed by atoms with Crippen LogP contribution < -0.4 is 4.72 Å². The van der Waals surface area contributed by atoms with Crippen LogP contribution in [0.1, 0.15) is 24.7 Å². The molecule has 1 aliphatic rings. The van der Waals surface area contributed by atoms with Crippen molar-refractivity contribution in [2.45, 2.75) is 30.2 Å². The van der Waals surface area contributed by atoms with E-state index in [-0.39, 0.29) is 4.47 Å². The lowest BCUT2D eigenvalue weighted by Crippen LogP contribution is -2.39. The predicted octanol–water partition coefficient (Wildman–Crippen LogP) is 1.70. The topological polar surface area (TPSA) is 93.9 Å². The molecule has 1 aromatic heterocycles. The number of halogens is 3. The van der Waals surface area contributed by atoms with E-state index in [4.69, 9.17) is 0 Å². The van der Waals surface area contributed by atoms with E-state index in [0.29, 0.717) is 25.1 Å². The number of hydrogen-bond donors (Lipinski definition) is 1. The van der Waals surface area contributed by atoms with Crippen LogP contribution in [0.2, 0.25) is 0 Å². The molecular formula is C13H11BrF2N4O3S. The molecular weight excluding hydrogens is 410 g/mol. The lowest BCUT2D eigenvalue weighted by atomic mass is 10.0. The molecule has 0 saturated heterocycles. The van der Waals surface area contributed by atoms with Crippen LogP contribution in [0.5, 0.6) is 0 Å². The SMILES string of the molecule is O=C(NS(=O)(=O)c1c(F)cc(Br)cc1F)C1CCCc2nncn21. The second kappa shape index (κ2) is 6.20. The molecule has 3 rings (SSSR count). The summed E-state index contributed by atoms with van der Waals surface area (Å²) in [5.41, 5.74) is 0. The molecule has 0 fully saturated rings. The van der Waals surface area contributed by atoms with Crippen LogP contribution in [0.25, 0.3) is 0 Å². The van der Waals surface area contributed by atoms with E-state index in [0.717, 1.165) is 12.1 Å². The lowest BCUT2D eigenvalue weighted by Gasteiger charge is -2.23. The Balaban J connectivity index is 1.90. The van der Waals surface area contributed by atoms with Crippen molar-refractivity contribution in [2.75, 3.05) is 0 Å². The van der Waals surface area contributed by atoms with Gasteiger partial charge in [0.1, 0.15) is 29.8 Å². The van der Waals surface area contributed by atoms with Crippen LogP contribution in [0.4, 0.5) is 8.78 Å². The number of rotatable bonds is 3. The first-order valence-corrected chi connectivity index (χ1v) is 9.17. The maximum Gasteiger partial charge on any atom is 0.269 e. The van der Waals surface area contributed by atoms with Crippen LogP contribution in [-0.4, -0.2) is 29.1 Å². The van der Waals surface area contributed by atoms with E-state index in [2.05, 4.69) is 26.1 Å². The number of fused-ring (bicyclic) bond motifs is 1. The van der Waals surface area contributed by atoms with Gasteiger partial charge >= 0.3 is 0 Å². The maximum absolute atomic E-state index is 13.9. The Bertz CT molecular complexity index is 893. The van der Waals surface area contributed by atoms with E-state index in [1.807, 2.05) is 0 Å². The quantitative estimate of drug-likeness (QED) is 0.815. The van der Waals surface area contributed by atoms with Gasteiger partial charge in [-0.05, 0) is 25.0 Å². The number of benzene rings is 1. The molecule has 7 nitrogen and oxygen atoms in total. The van der Waals surface area contributed by atoms with Gasteiger partial charge in [-0.2, -0.15) is 0 Å². The van der Waals surface area contributed by atoms with Gasteiger partial charge in [0.15, 0.2) is 4.90 Å². The molecule has 1 unspecified atom stereocenters. The number of carbonyl (C=O) groups excluding carboxylic acids is 1. The zero-order valence-electron chi connectivity index (χ0n) is 12.0. The summed E-state index contributed by atoms with van der Waals surface area (Å²) >= 11 is 2.86. The number of amides is 1. The monoisotopic (exact) mass is 420 g/mol. The molecule has 24 heavy (non-hydrogen) atoms. The minimum atomic E-state index is -4.70. The van der Waals surface area contributed by atoms with E-state index >= 15 is 0 Å². The summed E-state index contributed by atoms with van der Waals surface area (Å²) in [5, 5.41) is 7.53. The zero-order valence-corrected chi connectivity index (χ0v) is 14.4. The Labute approximate surface area is 144 Å². The Morgan fingerprint density at radius 3 is 2.67 bits per heavy atom. The van der Waals surface area contributed by atoms with Crippen LogP contribution >= 0.6 is 15.9 Å². The van der Waals surface area contributed by atoms with Gasteiger partial charge in [0.25, 0.3) is 15.9 Å². The number of hydrogen-bond acceptors (Lipinski definition) is 5. The van der Waals surface area contributed by atoms with E-state index in [1.165, 1.54) is 10.9 Å². The van der Waals surface area contributed by atoms with E-state index in [1.54, 1.807) is 4.72 Å². The van der Waals surface area contributed by atoms with Crippen molar-refractivity contribution < 1.29 is 22.0 Å². The molecule has 1 atom stereocenters. The van der Waals surface area contributed by atoms with Crippen molar-refractivity contribution in [1.82, 2.24) is 19.5 Å². The fraction of sp³-hybridized carbons (Fsp3) is 0.308. The van der Waals surface area contributed by atoms with Gasteiger partial charge in [-0.25, -0.2) is 21.9 Å². The van der Waals surface area contributed by atoms with Crippen molar-refractivity contribution in [3.8, 4) is 0 Å². The molecule has 128 valence electrons. The highest BCUT2D eigenvalue weighted by Crippen LogP contribution is 2.26. The molecule has 0 saturated carbocycles. The number of carbonyl (C=O) groups is 1. The van der Waals surface area contributed by atoms with Gasteiger partial charge in [0.2, 0.25) is 0 Å². The van der Waals surface area contributed by atoms with Gasteiger partial charge < -0.3 is 4.57 Å². The summed E-state index contributed by atoms with van der Waals surface area (Å²) in [6.07, 6.45) is 2.94. The Morgan fingerprint density at radius 1 is 1.33 bits per heavy atom. The molecule has 11 heteroatoms. The molecule has 1 aromatic carbocycles. The average Bonchev–Trinajstić information content (AvgIpc) is 2.93. The first-order valence-electron chi connectivity index (χ1n) is 6.89. The van der Waals surface area contributed by atoms with Crippen LogP contribution in [0.3, 0.4) is 0 Å². The molecule has 0 bridgehead atoms. The summed E-state index contributed by atoms with van der Waals surface area (Å²) in [4.78, 5) is 11.1. The molecule has 0 spiro atoms. The maximum atomic E-state index is 13.9. The van der Waals surface area contributed by atoms with Gasteiger partial charge in [-0.3, -0.25) is 4.79 Å². The first-order chi connectivity index (χ1) is 11.3. The van der Waals surface area contributed by atoms with Crippen molar-refractivity contribution in [1.29, 1.82) is 0 Å². The standard InChI is InChI=1S/C13H11BrF2N4O3S/c14-7-4-8(15)12(9(16)5-7)24(22,23)19-13(21)10-2-1-3-11-18-17-6-20(10)11/h4-6,10H,1-3H2,(H,19,21). The summed E-state index contributed by atoms with van der Waals surface area (Å²) in [5.74, 6) is -2.93. The van der Waals surface area contributed by atoms with E-state index < -0.39 is 38.5 Å².